The van der Waals surface area contributed by atoms with Crippen LogP contribution in [0.2, 0.25) is 0 Å². The molecular weight excluding hydrogens is 336 g/mol. The first kappa shape index (κ1) is 21.5. The van der Waals surface area contributed by atoms with Gasteiger partial charge >= 0.3 is 0 Å². The molecule has 0 bridgehead atoms. The smallest absolute Gasteiger partial charge is 0.227 e. The highest BCUT2D eigenvalue weighted by atomic mass is 16.2. The van der Waals surface area contributed by atoms with E-state index in [-0.39, 0.29) is 29.7 Å². The number of nitrogens with one attached hydrogen (secondary N) is 2. The molecule has 1 aliphatic carbocycles. The van der Waals surface area contributed by atoms with Crippen LogP contribution in [0.1, 0.15) is 90.2 Å². The number of carbonyl (C=O) groups is 2. The topological polar surface area (TPSA) is 58.2 Å². The Morgan fingerprint density at radius 1 is 0.815 bits per heavy atom. The minimum Gasteiger partial charge on any atom is -0.354 e. The fourth-order valence-electron chi connectivity index (χ4n) is 3.94. The molecule has 0 spiro atoms. The zero-order valence-corrected chi connectivity index (χ0v) is 17.8. The van der Waals surface area contributed by atoms with Crippen LogP contribution in [-0.2, 0) is 9.59 Å². The van der Waals surface area contributed by atoms with Crippen LogP contribution in [0.5, 0.6) is 0 Å². The summed E-state index contributed by atoms with van der Waals surface area (Å²) in [5.74, 6) is 0.992. The highest BCUT2D eigenvalue weighted by Crippen LogP contribution is 2.35. The monoisotopic (exact) mass is 372 g/mol. The van der Waals surface area contributed by atoms with Gasteiger partial charge in [0.2, 0.25) is 11.8 Å². The fraction of sp³-hybridized carbons (Fsp3) is 0.652. The maximum Gasteiger partial charge on any atom is 0.227 e. The summed E-state index contributed by atoms with van der Waals surface area (Å²) < 4.78 is 0. The summed E-state index contributed by atoms with van der Waals surface area (Å²) in [5.41, 5.74) is 3.38. The zero-order valence-electron chi connectivity index (χ0n) is 17.8. The second kappa shape index (κ2) is 9.38. The highest BCUT2D eigenvalue weighted by Gasteiger charge is 2.30. The Morgan fingerprint density at radius 2 is 1.26 bits per heavy atom. The van der Waals surface area contributed by atoms with Crippen molar-refractivity contribution in [2.75, 3.05) is 5.32 Å². The summed E-state index contributed by atoms with van der Waals surface area (Å²) in [6.45, 7) is 12.6. The molecule has 0 saturated heterocycles. The lowest BCUT2D eigenvalue weighted by molar-refractivity contribution is -0.128. The van der Waals surface area contributed by atoms with Gasteiger partial charge in [0.25, 0.3) is 0 Å². The molecule has 0 unspecified atom stereocenters. The average molecular weight is 373 g/mol. The number of para-hydroxylation sites is 1. The molecule has 4 heteroatoms. The molecule has 0 aromatic heterocycles. The lowest BCUT2D eigenvalue weighted by atomic mass is 9.81. The van der Waals surface area contributed by atoms with E-state index >= 15 is 0 Å². The van der Waals surface area contributed by atoms with Crippen LogP contribution >= 0.6 is 0 Å². The number of hydrogen-bond donors (Lipinski definition) is 2. The first-order chi connectivity index (χ1) is 12.7. The standard InChI is InChI=1S/C23H36N2O2/c1-14(2)19-8-7-9-20(15(3)4)21(19)25-23(27)18-12-10-17(11-13-18)22(26)24-16(5)6/h7-9,14-18H,10-13H2,1-6H3,(H,24,26)(H,25,27). The van der Waals surface area contributed by atoms with E-state index in [1.54, 1.807) is 0 Å². The SMILES string of the molecule is CC(C)NC(=O)C1CCC(C(=O)Nc2c(C(C)C)cccc2C(C)C)CC1. The second-order valence-corrected chi connectivity index (χ2v) is 8.82. The number of rotatable bonds is 6. The van der Waals surface area contributed by atoms with Crippen LogP contribution in [0.25, 0.3) is 0 Å². The molecule has 150 valence electrons. The summed E-state index contributed by atoms with van der Waals surface area (Å²) in [5, 5.41) is 6.25. The summed E-state index contributed by atoms with van der Waals surface area (Å²) in [6, 6.07) is 6.47. The van der Waals surface area contributed by atoms with E-state index in [2.05, 4.69) is 56.5 Å². The van der Waals surface area contributed by atoms with Crippen LogP contribution in [0.15, 0.2) is 18.2 Å². The van der Waals surface area contributed by atoms with Crippen LogP contribution in [-0.4, -0.2) is 17.9 Å². The van der Waals surface area contributed by atoms with Gasteiger partial charge in [0.15, 0.2) is 0 Å². The first-order valence-corrected chi connectivity index (χ1v) is 10.4. The van der Waals surface area contributed by atoms with E-state index in [9.17, 15) is 9.59 Å². The minimum atomic E-state index is -0.00618. The maximum absolute atomic E-state index is 13.0. The second-order valence-electron chi connectivity index (χ2n) is 8.82. The van der Waals surface area contributed by atoms with Crippen LogP contribution in [0, 0.1) is 11.8 Å². The predicted molar refractivity (Wildman–Crippen MR) is 112 cm³/mol. The van der Waals surface area contributed by atoms with Gasteiger partial charge in [0, 0.05) is 23.6 Å². The van der Waals surface area contributed by atoms with Gasteiger partial charge in [-0.3, -0.25) is 9.59 Å². The van der Waals surface area contributed by atoms with E-state index in [0.29, 0.717) is 11.8 Å². The number of benzene rings is 1. The highest BCUT2D eigenvalue weighted by molar-refractivity contribution is 5.94. The van der Waals surface area contributed by atoms with Crippen molar-refractivity contribution in [1.82, 2.24) is 5.32 Å². The number of carbonyl (C=O) groups excluding carboxylic acids is 2. The molecule has 2 N–H and O–H groups in total. The van der Waals surface area contributed by atoms with Crippen molar-refractivity contribution in [2.45, 2.75) is 85.1 Å². The maximum atomic E-state index is 13.0. The van der Waals surface area contributed by atoms with Crippen molar-refractivity contribution in [3.8, 4) is 0 Å². The van der Waals surface area contributed by atoms with Crippen LogP contribution in [0.3, 0.4) is 0 Å². The minimum absolute atomic E-state index is 0.00618. The molecule has 0 heterocycles. The van der Waals surface area contributed by atoms with Crippen molar-refractivity contribution in [2.24, 2.45) is 11.8 Å². The molecule has 4 nitrogen and oxygen atoms in total. The lowest BCUT2D eigenvalue weighted by Gasteiger charge is -2.28. The first-order valence-electron chi connectivity index (χ1n) is 10.4. The van der Waals surface area contributed by atoms with Crippen molar-refractivity contribution < 1.29 is 9.59 Å². The van der Waals surface area contributed by atoms with Gasteiger partial charge in [-0.15, -0.1) is 0 Å². The fourth-order valence-corrected chi connectivity index (χ4v) is 3.94. The Labute approximate surface area is 164 Å². The van der Waals surface area contributed by atoms with Crippen molar-refractivity contribution in [3.05, 3.63) is 29.3 Å². The van der Waals surface area contributed by atoms with E-state index in [1.807, 2.05) is 13.8 Å². The Balaban J connectivity index is 2.06. The summed E-state index contributed by atoms with van der Waals surface area (Å²) in [7, 11) is 0. The van der Waals surface area contributed by atoms with Gasteiger partial charge in [-0.2, -0.15) is 0 Å². The molecule has 0 aliphatic heterocycles. The van der Waals surface area contributed by atoms with Gasteiger partial charge in [0.1, 0.15) is 0 Å². The third kappa shape index (κ3) is 5.57. The van der Waals surface area contributed by atoms with E-state index in [4.69, 9.17) is 0 Å². The number of amides is 2. The number of anilines is 1. The predicted octanol–water partition coefficient (Wildman–Crippen LogP) is 5.20. The zero-order chi connectivity index (χ0) is 20.1. The molecule has 1 aromatic rings. The van der Waals surface area contributed by atoms with Gasteiger partial charge in [-0.1, -0.05) is 45.9 Å². The number of hydrogen-bond acceptors (Lipinski definition) is 2. The Kier molecular flexibility index (Phi) is 7.46. The van der Waals surface area contributed by atoms with E-state index in [1.165, 1.54) is 11.1 Å². The molecule has 0 atom stereocenters. The van der Waals surface area contributed by atoms with Crippen LogP contribution in [0.4, 0.5) is 5.69 Å². The molecule has 1 aromatic carbocycles. The largest absolute Gasteiger partial charge is 0.354 e. The lowest BCUT2D eigenvalue weighted by Crippen LogP contribution is -2.38. The van der Waals surface area contributed by atoms with E-state index < -0.39 is 0 Å². The quantitative estimate of drug-likeness (QED) is 0.721. The van der Waals surface area contributed by atoms with Gasteiger partial charge in [-0.25, -0.2) is 0 Å². The van der Waals surface area contributed by atoms with Crippen molar-refractivity contribution in [1.29, 1.82) is 0 Å². The molecular formula is C23H36N2O2. The molecule has 0 radical (unpaired) electrons. The Morgan fingerprint density at radius 3 is 1.67 bits per heavy atom. The molecule has 27 heavy (non-hydrogen) atoms. The Hall–Kier alpha value is -1.84. The summed E-state index contributed by atoms with van der Waals surface area (Å²) >= 11 is 0. The third-order valence-corrected chi connectivity index (χ3v) is 5.52. The molecule has 1 fully saturated rings. The molecule has 2 amide bonds. The summed E-state index contributed by atoms with van der Waals surface area (Å²) in [4.78, 5) is 25.2. The molecule has 2 rings (SSSR count). The van der Waals surface area contributed by atoms with Gasteiger partial charge < -0.3 is 10.6 Å². The summed E-state index contributed by atoms with van der Waals surface area (Å²) in [6.07, 6.45) is 3.14. The normalized spacial score (nSPS) is 20.2. The molecule has 1 saturated carbocycles. The third-order valence-electron chi connectivity index (χ3n) is 5.52. The van der Waals surface area contributed by atoms with Crippen molar-refractivity contribution in [3.63, 3.8) is 0 Å². The van der Waals surface area contributed by atoms with Gasteiger partial charge in [0.05, 0.1) is 0 Å². The van der Waals surface area contributed by atoms with Gasteiger partial charge in [-0.05, 0) is 62.5 Å². The Bertz CT molecular complexity index is 630. The van der Waals surface area contributed by atoms with E-state index in [0.717, 1.165) is 31.4 Å². The molecule has 1 aliphatic rings. The van der Waals surface area contributed by atoms with Crippen molar-refractivity contribution >= 4 is 17.5 Å². The average Bonchev–Trinajstić information content (AvgIpc) is 2.61. The van der Waals surface area contributed by atoms with Crippen LogP contribution < -0.4 is 10.6 Å².